The highest BCUT2D eigenvalue weighted by Gasteiger charge is 2.48. The molecule has 6 heterocycles. The number of carbonyl (C=O) groups is 1. The number of carbonyl (C=O) groups excluding carboxylic acids is 1. The van der Waals surface area contributed by atoms with Crippen LogP contribution in [0.3, 0.4) is 0 Å². The van der Waals surface area contributed by atoms with Gasteiger partial charge >= 0.3 is 5.97 Å². The molecule has 6 aliphatic rings. The molecule has 59 heavy (non-hydrogen) atoms. The van der Waals surface area contributed by atoms with Crippen molar-refractivity contribution in [3.63, 3.8) is 0 Å². The van der Waals surface area contributed by atoms with E-state index in [9.17, 15) is 9.90 Å². The molecule has 11 heteroatoms. The summed E-state index contributed by atoms with van der Waals surface area (Å²) in [5, 5.41) is 11.3. The molecule has 0 aliphatic carbocycles. The summed E-state index contributed by atoms with van der Waals surface area (Å²) in [5.74, 6) is 5.23. The first-order chi connectivity index (χ1) is 28.1. The zero-order chi connectivity index (χ0) is 41.5. The Labute approximate surface area is 344 Å². The van der Waals surface area contributed by atoms with E-state index >= 15 is 0 Å². The zero-order valence-corrected chi connectivity index (χ0v) is 34.8. The number of aliphatic hydroxyl groups excluding tert-OH is 1. The number of hydrogen-bond donors (Lipinski definition) is 1. The van der Waals surface area contributed by atoms with E-state index in [4.69, 9.17) is 42.6 Å². The van der Waals surface area contributed by atoms with Crippen LogP contribution in [0.2, 0.25) is 0 Å². The summed E-state index contributed by atoms with van der Waals surface area (Å²) in [7, 11) is 3.30. The van der Waals surface area contributed by atoms with Gasteiger partial charge in [0.15, 0.2) is 0 Å². The van der Waals surface area contributed by atoms with Gasteiger partial charge in [-0.25, -0.2) is 0 Å². The van der Waals surface area contributed by atoms with Crippen LogP contribution < -0.4 is 37.9 Å². The number of methoxy groups -OCH3 is 2. The highest BCUT2D eigenvalue weighted by atomic mass is 16.6. The van der Waals surface area contributed by atoms with Crippen LogP contribution in [0.5, 0.6) is 46.0 Å². The maximum absolute atomic E-state index is 12.1. The molecule has 0 spiro atoms. The molecule has 4 aromatic rings. The van der Waals surface area contributed by atoms with Crippen molar-refractivity contribution in [2.75, 3.05) is 27.4 Å². The molecular formula is C48H50O11. The standard InChI is InChI=1S/C25H26O6.C23H24O5/c1-13-10-20-17(11-19(13)27-5)22-21(12-28-20)30-23-15-8-9-25(3,4)31-18(15)7-6-16(23)24(22)29-14(2)26;1-12-9-18-15(10-17(12)25-4)20-19(11-26-18)27-22-13-7-8-23(2,3)28-16(13)6-5-14(22)21(20)24/h6-11,21-22,24H,12H2,1-5H3;5-10,19-21,24H,11H2,1-4H3/t21-,22+,24-;19-,20+,21-/m11/s1. The van der Waals surface area contributed by atoms with E-state index in [0.717, 1.165) is 79.0 Å². The van der Waals surface area contributed by atoms with Gasteiger partial charge in [0.25, 0.3) is 0 Å². The van der Waals surface area contributed by atoms with E-state index in [1.807, 2.05) is 114 Å². The summed E-state index contributed by atoms with van der Waals surface area (Å²) < 4.78 is 54.0. The summed E-state index contributed by atoms with van der Waals surface area (Å²) in [4.78, 5) is 12.1. The smallest absolute Gasteiger partial charge is 0.303 e. The summed E-state index contributed by atoms with van der Waals surface area (Å²) in [6, 6.07) is 15.6. The second-order valence-electron chi connectivity index (χ2n) is 17.0. The van der Waals surface area contributed by atoms with Crippen molar-refractivity contribution in [1.82, 2.24) is 0 Å². The fourth-order valence-corrected chi connectivity index (χ4v) is 9.08. The quantitative estimate of drug-likeness (QED) is 0.200. The molecule has 0 bridgehead atoms. The Kier molecular flexibility index (Phi) is 9.30. The van der Waals surface area contributed by atoms with E-state index < -0.39 is 17.8 Å². The van der Waals surface area contributed by atoms with Crippen LogP contribution in [0.25, 0.3) is 12.2 Å². The number of ether oxygens (including phenoxy) is 9. The number of hydrogen-bond acceptors (Lipinski definition) is 11. The number of aryl methyl sites for hydroxylation is 2. The fraction of sp³-hybridized carbons (Fsp3) is 0.396. The van der Waals surface area contributed by atoms with Crippen molar-refractivity contribution >= 4 is 18.1 Å². The van der Waals surface area contributed by atoms with Gasteiger partial charge in [-0.15, -0.1) is 0 Å². The molecule has 11 nitrogen and oxygen atoms in total. The molecule has 0 radical (unpaired) electrons. The first-order valence-corrected chi connectivity index (χ1v) is 20.1. The molecular weight excluding hydrogens is 753 g/mol. The van der Waals surface area contributed by atoms with Gasteiger partial charge < -0.3 is 47.7 Å². The van der Waals surface area contributed by atoms with Crippen LogP contribution in [0.15, 0.2) is 60.7 Å². The first-order valence-electron chi connectivity index (χ1n) is 20.1. The van der Waals surface area contributed by atoms with E-state index in [1.165, 1.54) is 6.92 Å². The Morgan fingerprint density at radius 1 is 0.661 bits per heavy atom. The SMILES string of the molecule is COc1cc2c(cc1C)OC[C@H]1Oc3c(ccc4c3C=CC(C)(C)O4)[C@@H](O)[C@@H]21.COc1cc2c(cc1C)OC[C@H]1Oc3c(ccc4c3C=CC(C)(C)O4)[C@@H](OC(C)=O)[C@@H]21. The van der Waals surface area contributed by atoms with Crippen LogP contribution in [-0.2, 0) is 9.53 Å². The average molecular weight is 803 g/mol. The molecule has 0 saturated carbocycles. The lowest BCUT2D eigenvalue weighted by Crippen LogP contribution is -2.43. The van der Waals surface area contributed by atoms with Crippen molar-refractivity contribution in [2.45, 2.75) is 95.9 Å². The van der Waals surface area contributed by atoms with Gasteiger partial charge in [-0.2, -0.15) is 0 Å². The van der Waals surface area contributed by atoms with Crippen LogP contribution in [0, 0.1) is 13.8 Å². The molecule has 0 aromatic heterocycles. The molecule has 4 aromatic carbocycles. The third kappa shape index (κ3) is 6.69. The second kappa shape index (κ2) is 14.2. The van der Waals surface area contributed by atoms with E-state index in [2.05, 4.69) is 0 Å². The molecule has 0 amide bonds. The summed E-state index contributed by atoms with van der Waals surface area (Å²) in [6.07, 6.45) is 6.27. The van der Waals surface area contributed by atoms with Crippen LogP contribution in [0.4, 0.5) is 0 Å². The predicted molar refractivity (Wildman–Crippen MR) is 221 cm³/mol. The van der Waals surface area contributed by atoms with Gasteiger partial charge in [0.05, 0.1) is 43.3 Å². The molecule has 1 N–H and O–H groups in total. The number of esters is 1. The molecule has 10 rings (SSSR count). The largest absolute Gasteiger partial charge is 0.496 e. The van der Waals surface area contributed by atoms with E-state index in [-0.39, 0.29) is 35.6 Å². The zero-order valence-electron chi connectivity index (χ0n) is 34.8. The Morgan fingerprint density at radius 3 is 1.64 bits per heavy atom. The molecule has 0 saturated heterocycles. The number of rotatable bonds is 3. The van der Waals surface area contributed by atoms with Gasteiger partial charge in [-0.3, -0.25) is 4.79 Å². The third-order valence-electron chi connectivity index (χ3n) is 11.9. The lowest BCUT2D eigenvalue weighted by molar-refractivity contribution is -0.151. The highest BCUT2D eigenvalue weighted by molar-refractivity contribution is 5.73. The lowest BCUT2D eigenvalue weighted by Gasteiger charge is -2.43. The van der Waals surface area contributed by atoms with Crippen molar-refractivity contribution in [3.8, 4) is 46.0 Å². The minimum Gasteiger partial charge on any atom is -0.496 e. The summed E-state index contributed by atoms with van der Waals surface area (Å²) >= 11 is 0. The first kappa shape index (κ1) is 38.7. The number of benzene rings is 4. The van der Waals surface area contributed by atoms with Crippen molar-refractivity contribution in [3.05, 3.63) is 105 Å². The van der Waals surface area contributed by atoms with Crippen molar-refractivity contribution in [1.29, 1.82) is 0 Å². The number of fused-ring (bicyclic) bond motifs is 12. The minimum atomic E-state index is -0.697. The maximum Gasteiger partial charge on any atom is 0.303 e. The van der Waals surface area contributed by atoms with Crippen LogP contribution in [0.1, 0.15) is 103 Å². The highest BCUT2D eigenvalue weighted by Crippen LogP contribution is 2.55. The van der Waals surface area contributed by atoms with Gasteiger partial charge in [-0.05, 0) is 126 Å². The van der Waals surface area contributed by atoms with Gasteiger partial charge in [-0.1, -0.05) is 0 Å². The molecule has 0 unspecified atom stereocenters. The topological polar surface area (TPSA) is 120 Å². The van der Waals surface area contributed by atoms with Crippen LogP contribution >= 0.6 is 0 Å². The third-order valence-corrected chi connectivity index (χ3v) is 11.9. The predicted octanol–water partition coefficient (Wildman–Crippen LogP) is 8.89. The summed E-state index contributed by atoms with van der Waals surface area (Å²) in [5.41, 5.74) is 6.42. The fourth-order valence-electron chi connectivity index (χ4n) is 9.08. The molecule has 6 aliphatic heterocycles. The average Bonchev–Trinajstić information content (AvgIpc) is 3.19. The van der Waals surface area contributed by atoms with Crippen molar-refractivity contribution in [2.24, 2.45) is 0 Å². The Balaban J connectivity index is 0.000000153. The van der Waals surface area contributed by atoms with Gasteiger partial charge in [0.1, 0.15) is 88.7 Å². The monoisotopic (exact) mass is 802 g/mol. The van der Waals surface area contributed by atoms with Crippen LogP contribution in [-0.4, -0.2) is 61.9 Å². The van der Waals surface area contributed by atoms with Gasteiger partial charge in [0.2, 0.25) is 0 Å². The minimum absolute atomic E-state index is 0.211. The molecule has 308 valence electrons. The van der Waals surface area contributed by atoms with Crippen molar-refractivity contribution < 1.29 is 52.5 Å². The normalized spacial score (nSPS) is 25.0. The Hall–Kier alpha value is -5.81. The van der Waals surface area contributed by atoms with E-state index in [1.54, 1.807) is 14.2 Å². The molecule has 6 atom stereocenters. The molecule has 0 fully saturated rings. The second-order valence-corrected chi connectivity index (χ2v) is 17.0. The number of aliphatic hydroxyl groups is 1. The van der Waals surface area contributed by atoms with E-state index in [0.29, 0.717) is 24.7 Å². The van der Waals surface area contributed by atoms with Gasteiger partial charge in [0, 0.05) is 29.2 Å². The Morgan fingerprint density at radius 2 is 1.14 bits per heavy atom. The summed E-state index contributed by atoms with van der Waals surface area (Å²) in [6.45, 7) is 14.2. The lowest BCUT2D eigenvalue weighted by atomic mass is 9.79. The Bertz CT molecular complexity index is 2430. The maximum atomic E-state index is 12.1.